The van der Waals surface area contributed by atoms with Gasteiger partial charge in [-0.1, -0.05) is 87.3 Å². The van der Waals surface area contributed by atoms with E-state index >= 15 is 0 Å². The lowest BCUT2D eigenvalue weighted by atomic mass is 9.87. The molecule has 64 heavy (non-hydrogen) atoms. The van der Waals surface area contributed by atoms with Gasteiger partial charge in [0, 0.05) is 85.0 Å². The first-order chi connectivity index (χ1) is 30.5. The number of phenolic OH excluding ortho intramolecular Hbond substituents is 2. The fourth-order valence-corrected chi connectivity index (χ4v) is 8.26. The van der Waals surface area contributed by atoms with Crippen LogP contribution < -0.4 is 11.1 Å². The summed E-state index contributed by atoms with van der Waals surface area (Å²) < 4.78 is 0. The van der Waals surface area contributed by atoms with E-state index < -0.39 is 53.2 Å². The van der Waals surface area contributed by atoms with Crippen molar-refractivity contribution in [1.29, 1.82) is 0 Å². The Kier molecular flexibility index (Phi) is 17.3. The van der Waals surface area contributed by atoms with Gasteiger partial charge in [-0.25, -0.2) is 0 Å². The number of hydrogen-bond acceptors (Lipinski definition) is 10. The van der Waals surface area contributed by atoms with E-state index in [4.69, 9.17) is 17.3 Å². The van der Waals surface area contributed by atoms with Crippen molar-refractivity contribution in [1.82, 2.24) is 10.2 Å². The molecule has 5 atom stereocenters. The van der Waals surface area contributed by atoms with Gasteiger partial charge in [-0.05, 0) is 84.5 Å². The first kappa shape index (κ1) is 49.0. The number of nitrogens with two attached hydrogens (primary N) is 1. The highest BCUT2D eigenvalue weighted by Gasteiger charge is 2.36. The zero-order valence-electron chi connectivity index (χ0n) is 36.9. The fourth-order valence-electron chi connectivity index (χ4n) is 8.13. The summed E-state index contributed by atoms with van der Waals surface area (Å²) in [4.78, 5) is 96.9. The normalized spacial score (nSPS) is 17.4. The molecule has 0 unspecified atom stereocenters. The molecule has 0 spiro atoms. The molecule has 0 radical (unpaired) electrons. The van der Waals surface area contributed by atoms with Crippen LogP contribution in [0, 0.1) is 17.8 Å². The van der Waals surface area contributed by atoms with Gasteiger partial charge in [-0.15, -0.1) is 0 Å². The van der Waals surface area contributed by atoms with Crippen LogP contribution >= 0.6 is 11.6 Å². The van der Waals surface area contributed by atoms with Gasteiger partial charge < -0.3 is 26.2 Å². The van der Waals surface area contributed by atoms with Crippen LogP contribution in [0.4, 0.5) is 0 Å². The van der Waals surface area contributed by atoms with E-state index in [2.05, 4.69) is 5.32 Å². The van der Waals surface area contributed by atoms with E-state index in [-0.39, 0.29) is 78.5 Å². The topological polar surface area (TPSA) is 201 Å². The molecule has 0 saturated heterocycles. The maximum atomic E-state index is 14.7. The molecule has 13 heteroatoms. The van der Waals surface area contributed by atoms with Crippen molar-refractivity contribution in [2.75, 3.05) is 13.6 Å². The summed E-state index contributed by atoms with van der Waals surface area (Å²) in [5.41, 5.74) is 9.20. The smallest absolute Gasteiger partial charge is 0.226 e. The predicted molar refractivity (Wildman–Crippen MR) is 246 cm³/mol. The SMILES string of the molecule is CCC(=O)CCC(=O)[C@H](C)CC(=O)[C@@H]1Cc2ccc(O)c(c2)-c2cc(ccc2O)[C@H](N(C)C(=O)[C@H](CCCCN)CC(=O)c2ccc(-c3ccc(Cl)cc3)cc2)C(=O)C[C@@H](C)C(=O)N1. The molecule has 1 heterocycles. The zero-order chi connectivity index (χ0) is 46.7. The van der Waals surface area contributed by atoms with E-state index in [0.29, 0.717) is 53.9 Å². The third-order valence-corrected chi connectivity index (χ3v) is 12.4. The number of unbranched alkanes of at least 4 members (excludes halogenated alkanes) is 1. The second kappa shape index (κ2) is 22.6. The number of hydrogen-bond donors (Lipinski definition) is 4. The Balaban J connectivity index is 1.46. The molecule has 1 aliphatic heterocycles. The number of ketones is 5. The van der Waals surface area contributed by atoms with Crippen LogP contribution in [-0.4, -0.2) is 75.5 Å². The van der Waals surface area contributed by atoms with Crippen LogP contribution in [0.3, 0.4) is 0 Å². The number of benzene rings is 4. The molecular formula is C51H58ClN3O9. The predicted octanol–water partition coefficient (Wildman–Crippen LogP) is 8.16. The Morgan fingerprint density at radius 1 is 0.828 bits per heavy atom. The van der Waals surface area contributed by atoms with Crippen LogP contribution in [0.25, 0.3) is 22.3 Å². The Morgan fingerprint density at radius 2 is 1.45 bits per heavy atom. The average molecular weight is 892 g/mol. The molecule has 0 saturated carbocycles. The number of rotatable bonds is 18. The molecule has 5 N–H and O–H groups in total. The number of halogens is 1. The van der Waals surface area contributed by atoms with Crippen LogP contribution in [0.5, 0.6) is 11.5 Å². The van der Waals surface area contributed by atoms with Crippen molar-refractivity contribution in [3.05, 3.63) is 107 Å². The van der Waals surface area contributed by atoms with Gasteiger partial charge in [0.15, 0.2) is 17.3 Å². The number of aromatic hydroxyl groups is 2. The van der Waals surface area contributed by atoms with E-state index in [1.807, 2.05) is 24.3 Å². The number of carbonyl (C=O) groups excluding carboxylic acids is 7. The molecule has 4 aromatic rings. The first-order valence-electron chi connectivity index (χ1n) is 21.9. The van der Waals surface area contributed by atoms with E-state index in [1.54, 1.807) is 57.2 Å². The summed E-state index contributed by atoms with van der Waals surface area (Å²) in [5.74, 6) is -5.56. The highest BCUT2D eigenvalue weighted by molar-refractivity contribution is 6.30. The first-order valence-corrected chi connectivity index (χ1v) is 22.3. The number of carbonyl (C=O) groups is 7. The van der Waals surface area contributed by atoms with Gasteiger partial charge in [-0.3, -0.25) is 33.6 Å². The second-order valence-electron chi connectivity index (χ2n) is 16.9. The average Bonchev–Trinajstić information content (AvgIpc) is 3.28. The molecule has 0 fully saturated rings. The van der Waals surface area contributed by atoms with Crippen molar-refractivity contribution in [2.24, 2.45) is 23.5 Å². The summed E-state index contributed by atoms with van der Waals surface area (Å²) >= 11 is 6.06. The van der Waals surface area contributed by atoms with Gasteiger partial charge >= 0.3 is 0 Å². The van der Waals surface area contributed by atoms with E-state index in [0.717, 1.165) is 11.1 Å². The summed E-state index contributed by atoms with van der Waals surface area (Å²) in [7, 11) is 1.47. The van der Waals surface area contributed by atoms with Gasteiger partial charge in [-0.2, -0.15) is 0 Å². The standard InChI is InChI=1S/C51H58ClN3O9/c1-5-39(56)19-22-43(57)30(2)24-47(61)42-27-32-9-20-44(58)40(26-32)41-28-36(16-21-45(41)59)49(48(62)25-31(3)50(63)54-42)55(4)51(64)37(8-6-7-23-53)29-46(60)35-12-10-33(11-13-35)34-14-17-38(52)18-15-34/h9-18,20-21,26,28,30-31,37,42,49,58-59H,5-8,19,22-25,27,29,53H2,1-4H3,(H,54,63)/t30-,31-,37-,42+,49+/m1/s1. The van der Waals surface area contributed by atoms with Crippen molar-refractivity contribution < 1.29 is 43.8 Å². The highest BCUT2D eigenvalue weighted by atomic mass is 35.5. The number of nitrogens with zero attached hydrogens (tertiary/aromatic N) is 1. The second-order valence-corrected chi connectivity index (χ2v) is 17.4. The maximum absolute atomic E-state index is 14.7. The van der Waals surface area contributed by atoms with Crippen molar-refractivity contribution in [3.63, 3.8) is 0 Å². The lowest BCUT2D eigenvalue weighted by Crippen LogP contribution is -2.46. The van der Waals surface area contributed by atoms with Gasteiger partial charge in [0.05, 0.1) is 6.04 Å². The molecule has 5 rings (SSSR count). The lowest BCUT2D eigenvalue weighted by molar-refractivity contribution is -0.142. The van der Waals surface area contributed by atoms with Crippen molar-refractivity contribution in [2.45, 2.75) is 97.1 Å². The lowest BCUT2D eigenvalue weighted by Gasteiger charge is -2.32. The number of phenols is 2. The third kappa shape index (κ3) is 12.6. The Morgan fingerprint density at radius 3 is 2.09 bits per heavy atom. The highest BCUT2D eigenvalue weighted by Crippen LogP contribution is 2.40. The molecule has 4 aromatic carbocycles. The summed E-state index contributed by atoms with van der Waals surface area (Å²) in [5, 5.41) is 25.7. The largest absolute Gasteiger partial charge is 0.507 e. The van der Waals surface area contributed by atoms with Crippen LogP contribution in [0.1, 0.15) is 106 Å². The fraction of sp³-hybridized carbons (Fsp3) is 0.392. The third-order valence-electron chi connectivity index (χ3n) is 12.1. The minimum Gasteiger partial charge on any atom is -0.507 e. The summed E-state index contributed by atoms with van der Waals surface area (Å²) in [6.45, 7) is 5.25. The van der Waals surface area contributed by atoms with Gasteiger partial charge in [0.2, 0.25) is 11.8 Å². The molecular weight excluding hydrogens is 834 g/mol. The van der Waals surface area contributed by atoms with Gasteiger partial charge in [0.1, 0.15) is 29.1 Å². The number of amides is 2. The molecule has 338 valence electrons. The molecule has 1 aliphatic rings. The minimum atomic E-state index is -1.29. The molecule has 12 nitrogen and oxygen atoms in total. The van der Waals surface area contributed by atoms with Crippen LogP contribution in [0.15, 0.2) is 84.9 Å². The maximum Gasteiger partial charge on any atom is 0.226 e. The Hall–Kier alpha value is -5.98. The number of Topliss-reactive ketones (excluding diaryl/α,β-unsaturated/α-hetero) is 5. The Labute approximate surface area is 379 Å². The monoisotopic (exact) mass is 891 g/mol. The van der Waals surface area contributed by atoms with E-state index in [9.17, 15) is 43.8 Å². The zero-order valence-corrected chi connectivity index (χ0v) is 37.7. The number of nitrogens with one attached hydrogen (secondary N) is 1. The summed E-state index contributed by atoms with van der Waals surface area (Å²) in [6, 6.07) is 20.9. The minimum absolute atomic E-state index is 0.00363. The Bertz CT molecular complexity index is 2360. The van der Waals surface area contributed by atoms with Crippen molar-refractivity contribution >= 4 is 52.3 Å². The number of fused-ring (bicyclic) bond motifs is 5. The van der Waals surface area contributed by atoms with Crippen LogP contribution in [-0.2, 0) is 35.2 Å². The van der Waals surface area contributed by atoms with E-state index in [1.165, 1.54) is 36.2 Å². The summed E-state index contributed by atoms with van der Waals surface area (Å²) in [6.07, 6.45) is 1.13. The molecule has 2 amide bonds. The quantitative estimate of drug-likeness (QED) is 0.0558. The van der Waals surface area contributed by atoms with Crippen LogP contribution in [0.2, 0.25) is 5.02 Å². The molecule has 0 aliphatic carbocycles. The number of likely N-dealkylation sites (N-methyl/N-ethyl adjacent to an activating group) is 1. The molecule has 4 bridgehead atoms. The van der Waals surface area contributed by atoms with Crippen molar-refractivity contribution in [3.8, 4) is 33.8 Å². The van der Waals surface area contributed by atoms with Gasteiger partial charge in [0.25, 0.3) is 0 Å². The molecule has 0 aromatic heterocycles.